The van der Waals surface area contributed by atoms with Crippen LogP contribution in [-0.4, -0.2) is 20.5 Å². The SMILES string of the molecule is CC1(C)CC(=O)C2=C(C1)Nc1c(-c3ccc(Cl)cc3)cnn1C2c1cccnc1. The molecule has 0 saturated heterocycles. The standard InChI is InChI=1S/C23H21ClN4O/c1-23(2)10-18-20(19(29)11-23)21(15-4-3-9-25-12-15)28-22(27-18)17(13-26-28)14-5-7-16(24)8-6-14/h3-9,12-13,21,27H,10-11H2,1-2H3. The summed E-state index contributed by atoms with van der Waals surface area (Å²) in [4.78, 5) is 17.5. The van der Waals surface area contributed by atoms with Gasteiger partial charge in [0.05, 0.1) is 6.20 Å². The van der Waals surface area contributed by atoms with Crippen LogP contribution in [0.15, 0.2) is 66.3 Å². The minimum Gasteiger partial charge on any atom is -0.343 e. The summed E-state index contributed by atoms with van der Waals surface area (Å²) in [7, 11) is 0. The lowest BCUT2D eigenvalue weighted by Crippen LogP contribution is -2.36. The van der Waals surface area contributed by atoms with Crippen molar-refractivity contribution in [1.29, 1.82) is 0 Å². The fourth-order valence-corrected chi connectivity index (χ4v) is 4.52. The van der Waals surface area contributed by atoms with Gasteiger partial charge in [-0.15, -0.1) is 0 Å². The number of benzene rings is 1. The number of rotatable bonds is 2. The maximum Gasteiger partial charge on any atom is 0.163 e. The number of hydrogen-bond acceptors (Lipinski definition) is 4. The highest BCUT2D eigenvalue weighted by atomic mass is 35.5. The van der Waals surface area contributed by atoms with Crippen LogP contribution in [0.4, 0.5) is 5.82 Å². The molecule has 1 atom stereocenters. The van der Waals surface area contributed by atoms with Crippen LogP contribution in [0.2, 0.25) is 5.02 Å². The molecule has 1 N–H and O–H groups in total. The number of carbonyl (C=O) groups is 1. The average molecular weight is 405 g/mol. The minimum absolute atomic E-state index is 0.0783. The number of halogens is 1. The van der Waals surface area contributed by atoms with Crippen LogP contribution in [0, 0.1) is 5.41 Å². The van der Waals surface area contributed by atoms with E-state index in [1.165, 1.54) is 0 Å². The summed E-state index contributed by atoms with van der Waals surface area (Å²) < 4.78 is 1.91. The molecule has 1 aliphatic heterocycles. The van der Waals surface area contributed by atoms with Crippen molar-refractivity contribution in [1.82, 2.24) is 14.8 Å². The first-order valence-corrected chi connectivity index (χ1v) is 10.1. The maximum absolute atomic E-state index is 13.2. The van der Waals surface area contributed by atoms with E-state index in [1.807, 2.05) is 53.5 Å². The minimum atomic E-state index is -0.278. The molecule has 2 aliphatic rings. The lowest BCUT2D eigenvalue weighted by Gasteiger charge is -2.39. The first kappa shape index (κ1) is 18.1. The Morgan fingerprint density at radius 1 is 1.14 bits per heavy atom. The smallest absolute Gasteiger partial charge is 0.163 e. The molecule has 0 radical (unpaired) electrons. The van der Waals surface area contributed by atoms with Crippen molar-refractivity contribution >= 4 is 23.2 Å². The van der Waals surface area contributed by atoms with Crippen molar-refractivity contribution in [2.45, 2.75) is 32.7 Å². The maximum atomic E-state index is 13.2. The Bertz CT molecular complexity index is 1130. The molecule has 0 fully saturated rings. The molecule has 3 aromatic rings. The van der Waals surface area contributed by atoms with E-state index >= 15 is 0 Å². The lowest BCUT2D eigenvalue weighted by molar-refractivity contribution is -0.118. The number of aromatic nitrogens is 3. The normalized spacial score (nSPS) is 20.1. The second-order valence-electron chi connectivity index (χ2n) is 8.51. The highest BCUT2D eigenvalue weighted by Gasteiger charge is 2.41. The second-order valence-corrected chi connectivity index (χ2v) is 8.94. The second kappa shape index (κ2) is 6.56. The van der Waals surface area contributed by atoms with Crippen LogP contribution in [0.5, 0.6) is 0 Å². The van der Waals surface area contributed by atoms with Gasteiger partial charge < -0.3 is 5.32 Å². The van der Waals surface area contributed by atoms with Gasteiger partial charge in [0, 0.05) is 40.7 Å². The molecule has 0 amide bonds. The highest BCUT2D eigenvalue weighted by molar-refractivity contribution is 6.30. The predicted octanol–water partition coefficient (Wildman–Crippen LogP) is 5.26. The Hall–Kier alpha value is -2.92. The molecule has 1 aliphatic carbocycles. The zero-order valence-corrected chi connectivity index (χ0v) is 17.1. The summed E-state index contributed by atoms with van der Waals surface area (Å²) in [6.45, 7) is 4.28. The van der Waals surface area contributed by atoms with Gasteiger partial charge in [-0.3, -0.25) is 9.78 Å². The Morgan fingerprint density at radius 3 is 2.66 bits per heavy atom. The number of ketones is 1. The van der Waals surface area contributed by atoms with Crippen LogP contribution in [0.3, 0.4) is 0 Å². The molecule has 1 unspecified atom stereocenters. The van der Waals surface area contributed by atoms with Gasteiger partial charge in [0.2, 0.25) is 0 Å². The summed E-state index contributed by atoms with van der Waals surface area (Å²) in [5.74, 6) is 1.07. The van der Waals surface area contributed by atoms with Gasteiger partial charge in [-0.1, -0.05) is 43.6 Å². The zero-order valence-electron chi connectivity index (χ0n) is 16.3. The number of carbonyl (C=O) groups excluding carboxylic acids is 1. The molecule has 2 aromatic heterocycles. The molecule has 1 aromatic carbocycles. The van der Waals surface area contributed by atoms with E-state index in [0.29, 0.717) is 11.4 Å². The first-order valence-electron chi connectivity index (χ1n) is 9.70. The largest absolute Gasteiger partial charge is 0.343 e. The fourth-order valence-electron chi connectivity index (χ4n) is 4.40. The molecular formula is C23H21ClN4O. The predicted molar refractivity (Wildman–Crippen MR) is 114 cm³/mol. The molecule has 6 heteroatoms. The van der Waals surface area contributed by atoms with E-state index < -0.39 is 0 Å². The van der Waals surface area contributed by atoms with Crippen LogP contribution in [0.1, 0.15) is 38.3 Å². The highest BCUT2D eigenvalue weighted by Crippen LogP contribution is 2.47. The molecular weight excluding hydrogens is 384 g/mol. The van der Waals surface area contributed by atoms with Crippen LogP contribution >= 0.6 is 11.6 Å². The Kier molecular flexibility index (Phi) is 4.10. The van der Waals surface area contributed by atoms with Gasteiger partial charge >= 0.3 is 0 Å². The van der Waals surface area contributed by atoms with Crippen LogP contribution < -0.4 is 5.32 Å². The Morgan fingerprint density at radius 2 is 1.93 bits per heavy atom. The van der Waals surface area contributed by atoms with Crippen molar-refractivity contribution in [2.24, 2.45) is 5.41 Å². The van der Waals surface area contributed by atoms with Gasteiger partial charge in [0.15, 0.2) is 5.78 Å². The van der Waals surface area contributed by atoms with E-state index in [-0.39, 0.29) is 17.2 Å². The number of allylic oxidation sites excluding steroid dienone is 2. The Labute approximate surface area is 174 Å². The quantitative estimate of drug-likeness (QED) is 0.633. The number of fused-ring (bicyclic) bond motifs is 1. The van der Waals surface area contributed by atoms with E-state index in [2.05, 4.69) is 29.2 Å². The molecule has 146 valence electrons. The number of hydrogen-bond donors (Lipinski definition) is 1. The number of pyridine rings is 1. The number of nitrogens with one attached hydrogen (secondary N) is 1. The van der Waals surface area contributed by atoms with Crippen molar-refractivity contribution < 1.29 is 4.79 Å². The van der Waals surface area contributed by atoms with Crippen LogP contribution in [-0.2, 0) is 4.79 Å². The fraction of sp³-hybridized carbons (Fsp3) is 0.261. The van der Waals surface area contributed by atoms with Crippen LogP contribution in [0.25, 0.3) is 11.1 Å². The van der Waals surface area contributed by atoms with Gasteiger partial charge in [-0.2, -0.15) is 5.10 Å². The molecule has 29 heavy (non-hydrogen) atoms. The molecule has 5 rings (SSSR count). The first-order chi connectivity index (χ1) is 13.9. The summed E-state index contributed by atoms with van der Waals surface area (Å²) in [5.41, 5.74) is 4.68. The summed E-state index contributed by atoms with van der Waals surface area (Å²) >= 11 is 6.07. The third kappa shape index (κ3) is 3.06. The molecule has 0 saturated carbocycles. The Balaban J connectivity index is 1.70. The summed E-state index contributed by atoms with van der Waals surface area (Å²) in [5, 5.41) is 8.93. The average Bonchev–Trinajstić information content (AvgIpc) is 3.10. The van der Waals surface area contributed by atoms with E-state index in [1.54, 1.807) is 6.20 Å². The van der Waals surface area contributed by atoms with Gasteiger partial charge in [0.1, 0.15) is 11.9 Å². The topological polar surface area (TPSA) is 59.8 Å². The third-order valence-electron chi connectivity index (χ3n) is 5.66. The molecule has 3 heterocycles. The van der Waals surface area contributed by atoms with Crippen molar-refractivity contribution in [3.05, 3.63) is 76.8 Å². The van der Waals surface area contributed by atoms with Crippen molar-refractivity contribution in [2.75, 3.05) is 5.32 Å². The van der Waals surface area contributed by atoms with E-state index in [9.17, 15) is 4.79 Å². The monoisotopic (exact) mass is 404 g/mol. The van der Waals surface area contributed by atoms with Gasteiger partial charge in [-0.05, 0) is 41.2 Å². The van der Waals surface area contributed by atoms with Gasteiger partial charge in [-0.25, -0.2) is 4.68 Å². The van der Waals surface area contributed by atoms with E-state index in [0.717, 1.165) is 40.2 Å². The number of Topliss-reactive ketones (excluding diaryl/α,β-unsaturated/α-hetero) is 1. The number of anilines is 1. The molecule has 5 nitrogen and oxygen atoms in total. The number of nitrogens with zero attached hydrogens (tertiary/aromatic N) is 3. The molecule has 0 bridgehead atoms. The zero-order chi connectivity index (χ0) is 20.2. The third-order valence-corrected chi connectivity index (χ3v) is 5.91. The molecule has 0 spiro atoms. The summed E-state index contributed by atoms with van der Waals surface area (Å²) in [6, 6.07) is 11.4. The van der Waals surface area contributed by atoms with E-state index in [4.69, 9.17) is 11.6 Å². The van der Waals surface area contributed by atoms with Gasteiger partial charge in [0.25, 0.3) is 0 Å². The van der Waals surface area contributed by atoms with Crippen molar-refractivity contribution in [3.8, 4) is 11.1 Å². The lowest BCUT2D eigenvalue weighted by atomic mass is 9.73. The van der Waals surface area contributed by atoms with Crippen molar-refractivity contribution in [3.63, 3.8) is 0 Å². The summed E-state index contributed by atoms with van der Waals surface area (Å²) in [6.07, 6.45) is 6.76.